The SMILES string of the molecule is CC(C)CCCOc1ccc2c(c1)oc(=O)c1cnccc12. The minimum Gasteiger partial charge on any atom is -0.493 e. The van der Waals surface area contributed by atoms with Gasteiger partial charge >= 0.3 is 5.63 Å². The molecule has 0 bridgehead atoms. The number of aromatic nitrogens is 1. The van der Waals surface area contributed by atoms with Crippen molar-refractivity contribution in [3.05, 3.63) is 47.1 Å². The van der Waals surface area contributed by atoms with Crippen molar-refractivity contribution in [1.82, 2.24) is 4.98 Å². The van der Waals surface area contributed by atoms with Gasteiger partial charge in [-0.1, -0.05) is 13.8 Å². The van der Waals surface area contributed by atoms with Crippen LogP contribution in [0.5, 0.6) is 5.75 Å². The van der Waals surface area contributed by atoms with Gasteiger partial charge in [-0.15, -0.1) is 0 Å². The summed E-state index contributed by atoms with van der Waals surface area (Å²) < 4.78 is 11.1. The van der Waals surface area contributed by atoms with Gasteiger partial charge in [0.05, 0.1) is 12.0 Å². The van der Waals surface area contributed by atoms with E-state index in [0.29, 0.717) is 23.5 Å². The van der Waals surface area contributed by atoms with E-state index < -0.39 is 0 Å². The zero-order chi connectivity index (χ0) is 15.5. The highest BCUT2D eigenvalue weighted by molar-refractivity contribution is 6.04. The fraction of sp³-hybridized carbons (Fsp3) is 0.333. The average molecular weight is 297 g/mol. The Kier molecular flexibility index (Phi) is 4.09. The Labute approximate surface area is 128 Å². The zero-order valence-electron chi connectivity index (χ0n) is 12.8. The molecule has 1 aromatic carbocycles. The van der Waals surface area contributed by atoms with E-state index in [-0.39, 0.29) is 5.63 Å². The Morgan fingerprint density at radius 2 is 2.05 bits per heavy atom. The van der Waals surface area contributed by atoms with Crippen LogP contribution in [0.2, 0.25) is 0 Å². The standard InChI is InChI=1S/C18H19NO3/c1-12(2)4-3-9-21-13-5-6-15-14-7-8-19-11-16(14)18(20)22-17(15)10-13/h5-8,10-12H,3-4,9H2,1-2H3. The van der Waals surface area contributed by atoms with Gasteiger partial charge in [-0.3, -0.25) is 4.98 Å². The normalized spacial score (nSPS) is 11.4. The van der Waals surface area contributed by atoms with Gasteiger partial charge in [0.2, 0.25) is 0 Å². The van der Waals surface area contributed by atoms with Crippen LogP contribution < -0.4 is 10.4 Å². The molecule has 2 heterocycles. The molecular formula is C18H19NO3. The molecule has 0 fully saturated rings. The molecule has 3 aromatic rings. The molecule has 0 spiro atoms. The summed E-state index contributed by atoms with van der Waals surface area (Å²) in [5.74, 6) is 1.41. The van der Waals surface area contributed by atoms with Crippen molar-refractivity contribution in [2.75, 3.05) is 6.61 Å². The monoisotopic (exact) mass is 297 g/mol. The first-order valence-electron chi connectivity index (χ1n) is 7.58. The quantitative estimate of drug-likeness (QED) is 0.403. The van der Waals surface area contributed by atoms with Crippen LogP contribution >= 0.6 is 0 Å². The molecule has 0 unspecified atom stereocenters. The highest BCUT2D eigenvalue weighted by Gasteiger charge is 2.08. The topological polar surface area (TPSA) is 52.3 Å². The van der Waals surface area contributed by atoms with E-state index in [0.717, 1.165) is 29.4 Å². The van der Waals surface area contributed by atoms with Gasteiger partial charge in [-0.25, -0.2) is 4.79 Å². The molecule has 3 rings (SSSR count). The van der Waals surface area contributed by atoms with Crippen molar-refractivity contribution in [3.63, 3.8) is 0 Å². The van der Waals surface area contributed by atoms with Crippen LogP contribution in [0.1, 0.15) is 26.7 Å². The fourth-order valence-corrected chi connectivity index (χ4v) is 2.53. The van der Waals surface area contributed by atoms with E-state index >= 15 is 0 Å². The first kappa shape index (κ1) is 14.6. The van der Waals surface area contributed by atoms with Crippen LogP contribution in [0.3, 0.4) is 0 Å². The summed E-state index contributed by atoms with van der Waals surface area (Å²) in [6, 6.07) is 7.46. The predicted octanol–water partition coefficient (Wildman–Crippen LogP) is 4.16. The van der Waals surface area contributed by atoms with Crippen LogP contribution in [-0.4, -0.2) is 11.6 Å². The number of benzene rings is 1. The second-order valence-corrected chi connectivity index (χ2v) is 5.85. The van der Waals surface area contributed by atoms with Crippen molar-refractivity contribution in [3.8, 4) is 5.75 Å². The maximum Gasteiger partial charge on any atom is 0.345 e. The van der Waals surface area contributed by atoms with Crippen molar-refractivity contribution >= 4 is 21.7 Å². The van der Waals surface area contributed by atoms with Crippen molar-refractivity contribution in [2.24, 2.45) is 5.92 Å². The molecule has 4 nitrogen and oxygen atoms in total. The third-order valence-corrected chi connectivity index (χ3v) is 3.68. The van der Waals surface area contributed by atoms with Crippen molar-refractivity contribution in [1.29, 1.82) is 0 Å². The first-order chi connectivity index (χ1) is 10.6. The molecular weight excluding hydrogens is 278 g/mol. The lowest BCUT2D eigenvalue weighted by molar-refractivity contribution is 0.297. The summed E-state index contributed by atoms with van der Waals surface area (Å²) in [5.41, 5.74) is 0.178. The smallest absolute Gasteiger partial charge is 0.345 e. The van der Waals surface area contributed by atoms with Crippen LogP contribution in [0.15, 0.2) is 45.9 Å². The second kappa shape index (κ2) is 6.18. The molecule has 22 heavy (non-hydrogen) atoms. The number of hydrogen-bond donors (Lipinski definition) is 0. The number of rotatable bonds is 5. The lowest BCUT2D eigenvalue weighted by atomic mass is 10.1. The Hall–Kier alpha value is -2.36. The average Bonchev–Trinajstić information content (AvgIpc) is 2.51. The summed E-state index contributed by atoms with van der Waals surface area (Å²) >= 11 is 0. The molecule has 0 aliphatic rings. The second-order valence-electron chi connectivity index (χ2n) is 5.85. The summed E-state index contributed by atoms with van der Waals surface area (Å²) in [6.45, 7) is 5.07. The van der Waals surface area contributed by atoms with E-state index in [1.54, 1.807) is 12.3 Å². The van der Waals surface area contributed by atoms with Gasteiger partial charge in [-0.05, 0) is 37.0 Å². The molecule has 0 atom stereocenters. The fourth-order valence-electron chi connectivity index (χ4n) is 2.53. The molecule has 0 aliphatic carbocycles. The number of pyridine rings is 1. The maximum absolute atomic E-state index is 12.0. The predicted molar refractivity (Wildman–Crippen MR) is 87.4 cm³/mol. The number of fused-ring (bicyclic) bond motifs is 3. The lowest BCUT2D eigenvalue weighted by Crippen LogP contribution is -2.02. The van der Waals surface area contributed by atoms with Crippen molar-refractivity contribution in [2.45, 2.75) is 26.7 Å². The largest absolute Gasteiger partial charge is 0.493 e. The van der Waals surface area contributed by atoms with E-state index in [2.05, 4.69) is 18.8 Å². The molecule has 0 saturated carbocycles. The van der Waals surface area contributed by atoms with Crippen LogP contribution in [-0.2, 0) is 0 Å². The summed E-state index contributed by atoms with van der Waals surface area (Å²) in [7, 11) is 0. The minimum absolute atomic E-state index is 0.368. The Balaban J connectivity index is 1.90. The van der Waals surface area contributed by atoms with Gasteiger partial charge in [-0.2, -0.15) is 0 Å². The molecule has 0 saturated heterocycles. The summed E-state index contributed by atoms with van der Waals surface area (Å²) in [4.78, 5) is 16.0. The third kappa shape index (κ3) is 2.96. The van der Waals surface area contributed by atoms with Crippen LogP contribution in [0.25, 0.3) is 21.7 Å². The Morgan fingerprint density at radius 1 is 1.18 bits per heavy atom. The van der Waals surface area contributed by atoms with E-state index in [4.69, 9.17) is 9.15 Å². The lowest BCUT2D eigenvalue weighted by Gasteiger charge is -2.09. The van der Waals surface area contributed by atoms with Gasteiger partial charge in [0.1, 0.15) is 11.3 Å². The maximum atomic E-state index is 12.0. The number of ether oxygens (including phenoxy) is 1. The van der Waals surface area contributed by atoms with E-state index in [9.17, 15) is 4.79 Å². The molecule has 0 radical (unpaired) electrons. The highest BCUT2D eigenvalue weighted by atomic mass is 16.5. The van der Waals surface area contributed by atoms with Gasteiger partial charge in [0.15, 0.2) is 0 Å². The van der Waals surface area contributed by atoms with Crippen molar-refractivity contribution < 1.29 is 9.15 Å². The van der Waals surface area contributed by atoms with E-state index in [1.165, 1.54) is 6.20 Å². The zero-order valence-corrected chi connectivity index (χ0v) is 12.8. The minimum atomic E-state index is -0.368. The molecule has 0 N–H and O–H groups in total. The Morgan fingerprint density at radius 3 is 2.86 bits per heavy atom. The third-order valence-electron chi connectivity index (χ3n) is 3.68. The van der Waals surface area contributed by atoms with Gasteiger partial charge < -0.3 is 9.15 Å². The summed E-state index contributed by atoms with van der Waals surface area (Å²) in [6.07, 6.45) is 5.37. The van der Waals surface area contributed by atoms with Gasteiger partial charge in [0, 0.05) is 29.2 Å². The summed E-state index contributed by atoms with van der Waals surface area (Å²) in [5, 5.41) is 2.25. The van der Waals surface area contributed by atoms with Crippen LogP contribution in [0, 0.1) is 5.92 Å². The van der Waals surface area contributed by atoms with Crippen LogP contribution in [0.4, 0.5) is 0 Å². The molecule has 4 heteroatoms. The molecule has 2 aromatic heterocycles. The first-order valence-corrected chi connectivity index (χ1v) is 7.58. The Bertz CT molecular complexity index is 852. The molecule has 0 amide bonds. The molecule has 114 valence electrons. The highest BCUT2D eigenvalue weighted by Crippen LogP contribution is 2.26. The molecule has 0 aliphatic heterocycles. The van der Waals surface area contributed by atoms with Gasteiger partial charge in [0.25, 0.3) is 0 Å². The number of hydrogen-bond acceptors (Lipinski definition) is 4. The number of nitrogens with zero attached hydrogens (tertiary/aromatic N) is 1. The van der Waals surface area contributed by atoms with E-state index in [1.807, 2.05) is 18.2 Å².